The van der Waals surface area contributed by atoms with Crippen molar-refractivity contribution in [3.05, 3.63) is 18.0 Å². The minimum atomic E-state index is 0.402. The predicted octanol–water partition coefficient (Wildman–Crippen LogP) is 4.06. The second kappa shape index (κ2) is 6.08. The Morgan fingerprint density at radius 3 is 2.58 bits per heavy atom. The van der Waals surface area contributed by atoms with Crippen LogP contribution in [-0.2, 0) is 0 Å². The summed E-state index contributed by atoms with van der Waals surface area (Å²) in [5, 5.41) is 10.7. The zero-order valence-electron chi connectivity index (χ0n) is 12.9. The maximum atomic E-state index is 4.03. The molecule has 1 fully saturated rings. The molecule has 1 saturated carbocycles. The van der Waals surface area contributed by atoms with Crippen molar-refractivity contribution in [2.75, 3.05) is 0 Å². The molecular weight excluding hydrogens is 234 g/mol. The monoisotopic (exact) mass is 263 g/mol. The topological polar surface area (TPSA) is 40.7 Å². The maximum absolute atomic E-state index is 4.03. The molecule has 0 aliphatic heterocycles. The van der Waals surface area contributed by atoms with E-state index >= 15 is 0 Å². The number of nitrogens with one attached hydrogen (secondary N) is 2. The van der Waals surface area contributed by atoms with Crippen molar-refractivity contribution in [3.8, 4) is 0 Å². The lowest BCUT2D eigenvalue weighted by Gasteiger charge is -2.39. The highest BCUT2D eigenvalue weighted by molar-refractivity contribution is 5.08. The summed E-state index contributed by atoms with van der Waals surface area (Å²) in [4.78, 5) is 0. The quantitative estimate of drug-likeness (QED) is 0.841. The van der Waals surface area contributed by atoms with Gasteiger partial charge in [0.15, 0.2) is 0 Å². The number of aromatic nitrogens is 2. The molecule has 1 heterocycles. The van der Waals surface area contributed by atoms with Crippen molar-refractivity contribution in [2.24, 2.45) is 11.3 Å². The Morgan fingerprint density at radius 2 is 2.05 bits per heavy atom. The summed E-state index contributed by atoms with van der Waals surface area (Å²) < 4.78 is 0. The lowest BCUT2D eigenvalue weighted by molar-refractivity contribution is 0.134. The van der Waals surface area contributed by atoms with Crippen LogP contribution in [0.15, 0.2) is 12.4 Å². The van der Waals surface area contributed by atoms with Crippen molar-refractivity contribution >= 4 is 0 Å². The van der Waals surface area contributed by atoms with Crippen LogP contribution in [0.2, 0.25) is 0 Å². The third kappa shape index (κ3) is 3.59. The molecule has 0 radical (unpaired) electrons. The first kappa shape index (κ1) is 14.6. The van der Waals surface area contributed by atoms with E-state index in [9.17, 15) is 0 Å². The molecule has 0 amide bonds. The molecule has 0 aromatic carbocycles. The van der Waals surface area contributed by atoms with Crippen LogP contribution in [0.1, 0.15) is 71.4 Å². The van der Waals surface area contributed by atoms with Gasteiger partial charge in [-0.3, -0.25) is 5.10 Å². The lowest BCUT2D eigenvalue weighted by Crippen LogP contribution is -2.37. The van der Waals surface area contributed by atoms with Crippen LogP contribution in [0.5, 0.6) is 0 Å². The van der Waals surface area contributed by atoms with Gasteiger partial charge in [-0.2, -0.15) is 5.10 Å². The second-order valence-electron chi connectivity index (χ2n) is 6.81. The van der Waals surface area contributed by atoms with E-state index in [0.29, 0.717) is 17.5 Å². The van der Waals surface area contributed by atoms with E-state index in [1.807, 2.05) is 12.4 Å². The van der Waals surface area contributed by atoms with E-state index in [1.54, 1.807) is 0 Å². The molecule has 2 N–H and O–H groups in total. The van der Waals surface area contributed by atoms with Crippen LogP contribution in [0.3, 0.4) is 0 Å². The highest BCUT2D eigenvalue weighted by atomic mass is 15.1. The van der Waals surface area contributed by atoms with Gasteiger partial charge in [-0.05, 0) is 43.9 Å². The van der Waals surface area contributed by atoms with E-state index in [2.05, 4.69) is 43.2 Å². The number of aromatic amines is 1. The maximum Gasteiger partial charge on any atom is 0.0534 e. The van der Waals surface area contributed by atoms with Gasteiger partial charge >= 0.3 is 0 Å². The average molecular weight is 263 g/mol. The summed E-state index contributed by atoms with van der Waals surface area (Å²) in [6.45, 7) is 9.41. The van der Waals surface area contributed by atoms with Crippen molar-refractivity contribution in [1.82, 2.24) is 15.5 Å². The van der Waals surface area contributed by atoms with Gasteiger partial charge < -0.3 is 5.32 Å². The molecule has 1 atom stereocenters. The fourth-order valence-electron chi connectivity index (χ4n) is 3.28. The van der Waals surface area contributed by atoms with Gasteiger partial charge in [0.1, 0.15) is 0 Å². The Bertz CT molecular complexity index is 361. The predicted molar refractivity (Wildman–Crippen MR) is 80.0 cm³/mol. The van der Waals surface area contributed by atoms with Gasteiger partial charge in [-0.1, -0.05) is 27.2 Å². The molecule has 2 rings (SSSR count). The number of nitrogens with zero attached hydrogens (tertiary/aromatic N) is 1. The molecule has 0 saturated heterocycles. The molecule has 1 aromatic heterocycles. The van der Waals surface area contributed by atoms with Gasteiger partial charge in [0.25, 0.3) is 0 Å². The van der Waals surface area contributed by atoms with Crippen molar-refractivity contribution in [1.29, 1.82) is 0 Å². The number of hydrogen-bond donors (Lipinski definition) is 2. The normalized spacial score (nSPS) is 26.3. The molecule has 0 bridgehead atoms. The molecule has 3 heteroatoms. The number of H-pyrrole nitrogens is 1. The Morgan fingerprint density at radius 1 is 1.37 bits per heavy atom. The number of hydrogen-bond acceptors (Lipinski definition) is 2. The smallest absolute Gasteiger partial charge is 0.0534 e. The minimum absolute atomic E-state index is 0.402. The fraction of sp³-hybridized carbons (Fsp3) is 0.812. The van der Waals surface area contributed by atoms with Gasteiger partial charge in [0.2, 0.25) is 0 Å². The molecule has 0 spiro atoms. The molecule has 1 unspecified atom stereocenters. The first-order chi connectivity index (χ1) is 9.03. The van der Waals surface area contributed by atoms with Crippen LogP contribution >= 0.6 is 0 Å². The number of rotatable bonds is 5. The first-order valence-corrected chi connectivity index (χ1v) is 7.77. The highest BCUT2D eigenvalue weighted by Gasteiger charge is 2.32. The van der Waals surface area contributed by atoms with Gasteiger partial charge in [0, 0.05) is 23.8 Å². The van der Waals surface area contributed by atoms with Crippen LogP contribution in [0.4, 0.5) is 0 Å². The molecule has 1 aromatic rings. The largest absolute Gasteiger partial charge is 0.307 e. The molecule has 1 aliphatic rings. The molecule has 19 heavy (non-hydrogen) atoms. The summed E-state index contributed by atoms with van der Waals surface area (Å²) in [7, 11) is 0. The molecule has 3 nitrogen and oxygen atoms in total. The van der Waals surface area contributed by atoms with Crippen molar-refractivity contribution < 1.29 is 0 Å². The molecular formula is C16H29N3. The summed E-state index contributed by atoms with van der Waals surface area (Å²) in [6.07, 6.45) is 10.6. The van der Waals surface area contributed by atoms with E-state index in [-0.39, 0.29) is 0 Å². The highest BCUT2D eigenvalue weighted by Crippen LogP contribution is 2.40. The van der Waals surface area contributed by atoms with E-state index in [1.165, 1.54) is 37.7 Å². The Labute approximate surface area is 117 Å². The molecule has 108 valence electrons. The summed E-state index contributed by atoms with van der Waals surface area (Å²) in [5.74, 6) is 0.903. The van der Waals surface area contributed by atoms with Crippen LogP contribution < -0.4 is 5.32 Å². The minimum Gasteiger partial charge on any atom is -0.307 e. The second-order valence-corrected chi connectivity index (χ2v) is 6.81. The van der Waals surface area contributed by atoms with Gasteiger partial charge in [-0.25, -0.2) is 0 Å². The lowest BCUT2D eigenvalue weighted by atomic mass is 9.69. The third-order valence-corrected chi connectivity index (χ3v) is 5.25. The first-order valence-electron chi connectivity index (χ1n) is 7.77. The SMILES string of the molecule is CCC(C)(C)C1CCC(NC(C)c2cn[nH]c2)CC1. The summed E-state index contributed by atoms with van der Waals surface area (Å²) in [6, 6.07) is 1.08. The zero-order chi connectivity index (χ0) is 13.9. The summed E-state index contributed by atoms with van der Waals surface area (Å²) in [5.41, 5.74) is 1.78. The molecule has 1 aliphatic carbocycles. The Balaban J connectivity index is 1.81. The summed E-state index contributed by atoms with van der Waals surface area (Å²) >= 11 is 0. The van der Waals surface area contributed by atoms with Crippen molar-refractivity contribution in [2.45, 2.75) is 71.9 Å². The fourth-order valence-corrected chi connectivity index (χ4v) is 3.28. The van der Waals surface area contributed by atoms with E-state index in [4.69, 9.17) is 0 Å². The van der Waals surface area contributed by atoms with E-state index in [0.717, 1.165) is 5.92 Å². The zero-order valence-corrected chi connectivity index (χ0v) is 12.9. The van der Waals surface area contributed by atoms with E-state index < -0.39 is 0 Å². The van der Waals surface area contributed by atoms with Crippen molar-refractivity contribution in [3.63, 3.8) is 0 Å². The van der Waals surface area contributed by atoms with Crippen LogP contribution in [0.25, 0.3) is 0 Å². The van der Waals surface area contributed by atoms with Gasteiger partial charge in [0.05, 0.1) is 6.20 Å². The Kier molecular flexibility index (Phi) is 4.67. The standard InChI is InChI=1S/C16H29N3/c1-5-16(3,4)14-6-8-15(9-7-14)19-12(2)13-10-17-18-11-13/h10-12,14-15,19H,5-9H2,1-4H3,(H,17,18). The van der Waals surface area contributed by atoms with Crippen LogP contribution in [-0.4, -0.2) is 16.2 Å². The Hall–Kier alpha value is -0.830. The third-order valence-electron chi connectivity index (χ3n) is 5.25. The van der Waals surface area contributed by atoms with Crippen LogP contribution in [0, 0.1) is 11.3 Å². The van der Waals surface area contributed by atoms with Gasteiger partial charge in [-0.15, -0.1) is 0 Å². The average Bonchev–Trinajstić information content (AvgIpc) is 2.93.